The van der Waals surface area contributed by atoms with Crippen molar-refractivity contribution in [3.8, 4) is 28.9 Å². The van der Waals surface area contributed by atoms with Gasteiger partial charge in [0, 0.05) is 39.1 Å². The van der Waals surface area contributed by atoms with Crippen LogP contribution in [0, 0.1) is 18.7 Å². The molecule has 68 heavy (non-hydrogen) atoms. The van der Waals surface area contributed by atoms with Crippen molar-refractivity contribution in [2.75, 3.05) is 56.8 Å². The van der Waals surface area contributed by atoms with Crippen LogP contribution < -0.4 is 24.0 Å². The third kappa shape index (κ3) is 9.24. The second-order valence-corrected chi connectivity index (χ2v) is 19.2. The highest BCUT2D eigenvalue weighted by molar-refractivity contribution is 5.93. The van der Waals surface area contributed by atoms with E-state index in [9.17, 15) is 9.18 Å². The van der Waals surface area contributed by atoms with Crippen LogP contribution in [0.4, 0.5) is 42.8 Å². The van der Waals surface area contributed by atoms with Crippen LogP contribution in [0.1, 0.15) is 75.1 Å². The number of hydrogen-bond donors (Lipinski definition) is 0. The van der Waals surface area contributed by atoms with Crippen LogP contribution >= 0.6 is 0 Å². The van der Waals surface area contributed by atoms with Crippen molar-refractivity contribution < 1.29 is 50.1 Å². The molecule has 3 aromatic heterocycles. The van der Waals surface area contributed by atoms with Crippen LogP contribution in [0.25, 0.3) is 22.3 Å². The number of fused-ring (bicyclic) bond motifs is 4. The highest BCUT2D eigenvalue weighted by Gasteiger charge is 2.50. The number of halogens is 6. The minimum atomic E-state index is -5.08. The maximum Gasteiger partial charge on any atom is 0.418 e. The second-order valence-electron chi connectivity index (χ2n) is 19.2. The molecule has 19 heteroatoms. The number of benzene rings is 2. The number of pyridine rings is 2. The number of methoxy groups -OCH3 is 2. The lowest BCUT2D eigenvalue weighted by Gasteiger charge is -2.42. The molecule has 4 saturated heterocycles. The molecular weight excluding hydrogens is 895 g/mol. The molecule has 2 bridgehead atoms. The van der Waals surface area contributed by atoms with Gasteiger partial charge in [0.15, 0.2) is 5.82 Å². The number of carbonyl (C=O) groups is 1. The van der Waals surface area contributed by atoms with Crippen molar-refractivity contribution in [1.82, 2.24) is 29.7 Å². The Morgan fingerprint density at radius 1 is 0.853 bits per heavy atom. The highest BCUT2D eigenvalue weighted by Crippen LogP contribution is 2.45. The Kier molecular flexibility index (Phi) is 12.5. The molecule has 4 aliphatic heterocycles. The molecule has 0 radical (unpaired) electrons. The molecular formula is C49H54F6N8O5. The van der Waals surface area contributed by atoms with Crippen molar-refractivity contribution in [3.63, 3.8) is 0 Å². The predicted octanol–water partition coefficient (Wildman–Crippen LogP) is 9.46. The van der Waals surface area contributed by atoms with Gasteiger partial charge >= 0.3 is 18.3 Å². The van der Waals surface area contributed by atoms with Crippen molar-refractivity contribution in [2.24, 2.45) is 0 Å². The van der Waals surface area contributed by atoms with Gasteiger partial charge in [-0.1, -0.05) is 24.3 Å². The van der Waals surface area contributed by atoms with Crippen LogP contribution in [-0.2, 0) is 24.0 Å². The summed E-state index contributed by atoms with van der Waals surface area (Å²) in [5.41, 5.74) is -4.13. The second kappa shape index (κ2) is 18.1. The Balaban J connectivity index is 1.17. The summed E-state index contributed by atoms with van der Waals surface area (Å²) in [6.45, 7) is 7.97. The number of amides is 1. The molecule has 4 fully saturated rings. The summed E-state index contributed by atoms with van der Waals surface area (Å²) in [5.74, 6) is -1.57. The topological polar surface area (TPSA) is 119 Å². The number of hydrogen-bond acceptors (Lipinski definition) is 12. The molecule has 13 nitrogen and oxygen atoms in total. The Labute approximate surface area is 390 Å². The lowest BCUT2D eigenvalue weighted by molar-refractivity contribution is -0.137. The molecule has 7 heterocycles. The van der Waals surface area contributed by atoms with Gasteiger partial charge in [0.05, 0.1) is 37.4 Å². The molecule has 0 saturated carbocycles. The van der Waals surface area contributed by atoms with Gasteiger partial charge in [-0.05, 0) is 107 Å². The van der Waals surface area contributed by atoms with E-state index in [0.717, 1.165) is 17.5 Å². The average molecular weight is 949 g/mol. The molecule has 4 atom stereocenters. The Hall–Kier alpha value is -6.11. The maximum atomic E-state index is 17.7. The summed E-state index contributed by atoms with van der Waals surface area (Å²) in [4.78, 5) is 37.9. The fourth-order valence-electron chi connectivity index (χ4n) is 10.3. The number of aryl methyl sites for hydroxylation is 1. The summed E-state index contributed by atoms with van der Waals surface area (Å²) >= 11 is 0. The van der Waals surface area contributed by atoms with Gasteiger partial charge in [0.25, 0.3) is 0 Å². The van der Waals surface area contributed by atoms with Gasteiger partial charge < -0.3 is 28.7 Å². The first-order chi connectivity index (χ1) is 32.3. The Morgan fingerprint density at radius 3 is 2.04 bits per heavy atom. The SMILES string of the molecule is COc1ccc(CN(Cc2ccc(OC)cc2)c2cc(C)c(C(F)(F)F)c(-c3nc(F)c4c(N5CC6CCC(C5)N6C(=O)OC(C)(C)C)nc(OC[C@@]56CCCN5C[C@H](F)C6)nc4c3F)n2)cc1. The zero-order valence-electron chi connectivity index (χ0n) is 38.8. The maximum absolute atomic E-state index is 17.7. The van der Waals surface area contributed by atoms with E-state index in [4.69, 9.17) is 18.9 Å². The fourth-order valence-corrected chi connectivity index (χ4v) is 10.3. The molecule has 362 valence electrons. The van der Waals surface area contributed by atoms with Crippen molar-refractivity contribution in [1.29, 1.82) is 0 Å². The van der Waals surface area contributed by atoms with Gasteiger partial charge in [-0.3, -0.25) is 9.80 Å². The normalized spacial score (nSPS) is 21.6. The first kappa shape index (κ1) is 47.0. The fraction of sp³-hybridized carbons (Fsp3) is 0.490. The standard InChI is InChI=1S/C49H54F6N8O5/c1-28-20-36(60(22-29-8-14-34(65-5)15-9-29)23-30-10-16-35(66-6)17-11-30)56-41(38(28)49(53,54)55)42-39(51)40-37(43(52)57-42)44(59-45(58-40)67-27-48-18-7-19-62(48)24-31(50)21-48)61-25-32-12-13-33(26-61)63(32)46(64)68-47(2,3)4/h8-11,14-17,20,31-33H,7,12-13,18-19,21-27H2,1-6H3/t31-,32?,33?,48+/m1/s1. The molecule has 9 rings (SSSR count). The van der Waals surface area contributed by atoms with Gasteiger partial charge in [0.1, 0.15) is 63.8 Å². The van der Waals surface area contributed by atoms with E-state index in [0.29, 0.717) is 37.3 Å². The van der Waals surface area contributed by atoms with Crippen molar-refractivity contribution >= 4 is 28.6 Å². The van der Waals surface area contributed by atoms with Crippen LogP contribution in [-0.4, -0.2) is 112 Å². The number of nitrogens with zero attached hydrogens (tertiary/aromatic N) is 8. The summed E-state index contributed by atoms with van der Waals surface area (Å²) in [5, 5.41) is -0.476. The van der Waals surface area contributed by atoms with E-state index >= 15 is 22.0 Å². The number of alkyl halides is 4. The molecule has 1 amide bonds. The summed E-state index contributed by atoms with van der Waals surface area (Å²) in [6, 6.07) is 14.4. The van der Waals surface area contributed by atoms with Crippen LogP contribution in [0.3, 0.4) is 0 Å². The van der Waals surface area contributed by atoms with E-state index in [1.165, 1.54) is 27.2 Å². The van der Waals surface area contributed by atoms with E-state index in [2.05, 4.69) is 19.9 Å². The van der Waals surface area contributed by atoms with Gasteiger partial charge in [-0.25, -0.2) is 23.5 Å². The number of rotatable bonds is 12. The third-order valence-corrected chi connectivity index (χ3v) is 13.4. The summed E-state index contributed by atoms with van der Waals surface area (Å²) in [7, 11) is 3.06. The summed E-state index contributed by atoms with van der Waals surface area (Å²) < 4.78 is 118. The first-order valence-electron chi connectivity index (χ1n) is 22.8. The lowest BCUT2D eigenvalue weighted by atomic mass is 9.95. The smallest absolute Gasteiger partial charge is 0.418 e. The molecule has 0 spiro atoms. The first-order valence-corrected chi connectivity index (χ1v) is 22.8. The molecule has 2 aromatic carbocycles. The van der Waals surface area contributed by atoms with E-state index < -0.39 is 69.2 Å². The quantitative estimate of drug-likeness (QED) is 0.0876. The lowest BCUT2D eigenvalue weighted by Crippen LogP contribution is -2.57. The number of ether oxygens (including phenoxy) is 4. The molecule has 0 N–H and O–H groups in total. The van der Waals surface area contributed by atoms with Gasteiger partial charge in [-0.2, -0.15) is 27.5 Å². The van der Waals surface area contributed by atoms with E-state index in [1.807, 2.05) is 29.2 Å². The number of anilines is 2. The monoisotopic (exact) mass is 948 g/mol. The molecule has 4 aliphatic rings. The average Bonchev–Trinajstić information content (AvgIpc) is 3.91. The molecule has 5 aromatic rings. The zero-order chi connectivity index (χ0) is 48.3. The Morgan fingerprint density at radius 2 is 1.47 bits per heavy atom. The van der Waals surface area contributed by atoms with Crippen LogP contribution in [0.2, 0.25) is 0 Å². The highest BCUT2D eigenvalue weighted by atomic mass is 19.4. The minimum Gasteiger partial charge on any atom is -0.497 e. The number of piperazine rings is 1. The van der Waals surface area contributed by atoms with Gasteiger partial charge in [-0.15, -0.1) is 0 Å². The van der Waals surface area contributed by atoms with Gasteiger partial charge in [0.2, 0.25) is 5.95 Å². The predicted molar refractivity (Wildman–Crippen MR) is 242 cm³/mol. The number of aromatic nitrogens is 4. The molecule has 0 aliphatic carbocycles. The summed E-state index contributed by atoms with van der Waals surface area (Å²) in [6.07, 6.45) is -3.81. The minimum absolute atomic E-state index is 0.0349. The van der Waals surface area contributed by atoms with E-state index in [-0.39, 0.29) is 81.0 Å². The van der Waals surface area contributed by atoms with Crippen molar-refractivity contribution in [3.05, 3.63) is 88.6 Å². The largest absolute Gasteiger partial charge is 0.497 e. The third-order valence-electron chi connectivity index (χ3n) is 13.4. The van der Waals surface area contributed by atoms with Crippen molar-refractivity contribution in [2.45, 2.75) is 108 Å². The van der Waals surface area contributed by atoms with E-state index in [1.54, 1.807) is 59.7 Å². The van der Waals surface area contributed by atoms with Crippen LogP contribution in [0.15, 0.2) is 54.6 Å². The molecule has 2 unspecified atom stereocenters. The van der Waals surface area contributed by atoms with Crippen LogP contribution in [0.5, 0.6) is 17.5 Å². The number of carbonyl (C=O) groups excluding carboxylic acids is 1. The zero-order valence-corrected chi connectivity index (χ0v) is 38.8. The Bertz CT molecular complexity index is 2620.